The highest BCUT2D eigenvalue weighted by Gasteiger charge is 2.47. The van der Waals surface area contributed by atoms with Crippen molar-refractivity contribution < 1.29 is 14.3 Å². The Morgan fingerprint density at radius 2 is 2.12 bits per heavy atom. The highest BCUT2D eigenvalue weighted by molar-refractivity contribution is 5.78. The summed E-state index contributed by atoms with van der Waals surface area (Å²) in [5.74, 6) is -0.234. The number of hydrogen-bond acceptors (Lipinski definition) is 3. The van der Waals surface area contributed by atoms with Crippen LogP contribution in [0.5, 0.6) is 0 Å². The van der Waals surface area contributed by atoms with Crippen LogP contribution in [0, 0.1) is 0 Å². The Kier molecular flexibility index (Phi) is 3.57. The minimum atomic E-state index is -0.390. The summed E-state index contributed by atoms with van der Waals surface area (Å²) in [5.41, 5.74) is 1.04. The highest BCUT2D eigenvalue weighted by atomic mass is 16.6. The first-order valence-electron chi connectivity index (χ1n) is 5.70. The van der Waals surface area contributed by atoms with Gasteiger partial charge in [-0.15, -0.1) is 0 Å². The summed E-state index contributed by atoms with van der Waals surface area (Å²) in [6.07, 6.45) is 1.45. The van der Waals surface area contributed by atoms with E-state index in [-0.39, 0.29) is 18.2 Å². The smallest absolute Gasteiger partial charge is 0.338 e. The van der Waals surface area contributed by atoms with Crippen LogP contribution in [0.2, 0.25) is 0 Å². The minimum absolute atomic E-state index is 0.102. The average molecular weight is 220 g/mol. The Bertz CT molecular complexity index is 347. The molecule has 0 unspecified atom stereocenters. The van der Waals surface area contributed by atoms with Gasteiger partial charge in [-0.25, -0.2) is 4.79 Å². The second-order valence-corrected chi connectivity index (χ2v) is 3.91. The van der Waals surface area contributed by atoms with E-state index in [0.29, 0.717) is 6.61 Å². The zero-order valence-corrected chi connectivity index (χ0v) is 9.39. The molecule has 3 heteroatoms. The third kappa shape index (κ3) is 2.61. The molecule has 0 radical (unpaired) electrons. The fourth-order valence-corrected chi connectivity index (χ4v) is 1.59. The molecule has 0 saturated carbocycles. The molecule has 0 aliphatic carbocycles. The zero-order valence-electron chi connectivity index (χ0n) is 9.39. The maximum absolute atomic E-state index is 11.5. The van der Waals surface area contributed by atoms with Gasteiger partial charge in [0.15, 0.2) is 6.10 Å². The Balaban J connectivity index is 1.80. The van der Waals surface area contributed by atoms with Crippen molar-refractivity contribution in [2.45, 2.75) is 32.0 Å². The predicted molar refractivity (Wildman–Crippen MR) is 59.9 cm³/mol. The summed E-state index contributed by atoms with van der Waals surface area (Å²) in [4.78, 5) is 11.5. The van der Waals surface area contributed by atoms with Crippen LogP contribution in [0.3, 0.4) is 0 Å². The molecule has 0 N–H and O–H groups in total. The maximum atomic E-state index is 11.5. The number of esters is 1. The Hall–Kier alpha value is -1.35. The summed E-state index contributed by atoms with van der Waals surface area (Å²) in [6.45, 7) is 2.56. The van der Waals surface area contributed by atoms with Gasteiger partial charge in [-0.05, 0) is 12.0 Å². The van der Waals surface area contributed by atoms with Crippen LogP contribution in [0.1, 0.15) is 31.4 Å². The Morgan fingerprint density at radius 3 is 2.81 bits per heavy atom. The SMILES string of the molecule is CCCCOC(=O)[C@@H]1O[C@H]1c1ccccc1. The van der Waals surface area contributed by atoms with E-state index >= 15 is 0 Å². The molecule has 86 valence electrons. The number of unbranched alkanes of at least 4 members (excludes halogenated alkanes) is 1. The largest absolute Gasteiger partial charge is 0.464 e. The molecular formula is C13H16O3. The van der Waals surface area contributed by atoms with Crippen LogP contribution in [-0.4, -0.2) is 18.7 Å². The molecule has 1 heterocycles. The summed E-state index contributed by atoms with van der Waals surface area (Å²) in [5, 5.41) is 0. The van der Waals surface area contributed by atoms with E-state index < -0.39 is 0 Å². The van der Waals surface area contributed by atoms with Gasteiger partial charge in [0.2, 0.25) is 0 Å². The second-order valence-electron chi connectivity index (χ2n) is 3.91. The molecule has 2 rings (SSSR count). The number of ether oxygens (including phenoxy) is 2. The van der Waals surface area contributed by atoms with Crippen LogP contribution >= 0.6 is 0 Å². The summed E-state index contributed by atoms with van der Waals surface area (Å²) in [7, 11) is 0. The van der Waals surface area contributed by atoms with E-state index in [1.54, 1.807) is 0 Å². The lowest BCUT2D eigenvalue weighted by atomic mass is 10.1. The van der Waals surface area contributed by atoms with E-state index in [9.17, 15) is 4.79 Å². The third-order valence-corrected chi connectivity index (χ3v) is 2.59. The molecule has 1 saturated heterocycles. The molecule has 0 amide bonds. The van der Waals surface area contributed by atoms with Crippen molar-refractivity contribution >= 4 is 5.97 Å². The molecule has 0 spiro atoms. The fraction of sp³-hybridized carbons (Fsp3) is 0.462. The quantitative estimate of drug-likeness (QED) is 0.434. The van der Waals surface area contributed by atoms with Crippen LogP contribution in [-0.2, 0) is 14.3 Å². The maximum Gasteiger partial charge on any atom is 0.338 e. The summed E-state index contributed by atoms with van der Waals surface area (Å²) < 4.78 is 10.4. The van der Waals surface area contributed by atoms with Gasteiger partial charge >= 0.3 is 5.97 Å². The number of rotatable bonds is 5. The van der Waals surface area contributed by atoms with E-state index in [1.807, 2.05) is 30.3 Å². The zero-order chi connectivity index (χ0) is 11.4. The van der Waals surface area contributed by atoms with Crippen molar-refractivity contribution in [3.05, 3.63) is 35.9 Å². The molecule has 1 aliphatic heterocycles. The number of benzene rings is 1. The van der Waals surface area contributed by atoms with E-state index in [4.69, 9.17) is 9.47 Å². The summed E-state index contributed by atoms with van der Waals surface area (Å²) >= 11 is 0. The van der Waals surface area contributed by atoms with Crippen molar-refractivity contribution in [2.24, 2.45) is 0 Å². The lowest BCUT2D eigenvalue weighted by Gasteiger charge is -2.00. The van der Waals surface area contributed by atoms with E-state index in [0.717, 1.165) is 18.4 Å². The van der Waals surface area contributed by atoms with Gasteiger partial charge in [-0.3, -0.25) is 0 Å². The molecule has 1 aromatic rings. The van der Waals surface area contributed by atoms with Gasteiger partial charge < -0.3 is 9.47 Å². The lowest BCUT2D eigenvalue weighted by Crippen LogP contribution is -2.13. The van der Waals surface area contributed by atoms with Gasteiger partial charge in [-0.2, -0.15) is 0 Å². The molecule has 0 aromatic heterocycles. The normalized spacial score (nSPS) is 22.8. The minimum Gasteiger partial charge on any atom is -0.464 e. The van der Waals surface area contributed by atoms with Gasteiger partial charge in [0.25, 0.3) is 0 Å². The first kappa shape index (κ1) is 11.1. The molecule has 1 aromatic carbocycles. The van der Waals surface area contributed by atoms with Crippen LogP contribution in [0.25, 0.3) is 0 Å². The van der Waals surface area contributed by atoms with E-state index in [1.165, 1.54) is 0 Å². The van der Waals surface area contributed by atoms with Gasteiger partial charge in [0.1, 0.15) is 6.10 Å². The average Bonchev–Trinajstić information content (AvgIpc) is 3.10. The van der Waals surface area contributed by atoms with Crippen LogP contribution in [0.15, 0.2) is 30.3 Å². The van der Waals surface area contributed by atoms with Crippen molar-refractivity contribution in [3.63, 3.8) is 0 Å². The van der Waals surface area contributed by atoms with Gasteiger partial charge in [0, 0.05) is 0 Å². The van der Waals surface area contributed by atoms with Crippen molar-refractivity contribution in [1.29, 1.82) is 0 Å². The Labute approximate surface area is 95.4 Å². The van der Waals surface area contributed by atoms with Crippen molar-refractivity contribution in [3.8, 4) is 0 Å². The number of carbonyl (C=O) groups excluding carboxylic acids is 1. The Morgan fingerprint density at radius 1 is 1.38 bits per heavy atom. The molecule has 3 nitrogen and oxygen atoms in total. The van der Waals surface area contributed by atoms with Gasteiger partial charge in [0.05, 0.1) is 6.61 Å². The molecule has 2 atom stereocenters. The highest BCUT2D eigenvalue weighted by Crippen LogP contribution is 2.39. The number of epoxide rings is 1. The summed E-state index contributed by atoms with van der Waals surface area (Å²) in [6, 6.07) is 9.75. The van der Waals surface area contributed by atoms with Crippen LogP contribution < -0.4 is 0 Å². The standard InChI is InChI=1S/C13H16O3/c1-2-3-9-15-13(14)12-11(16-12)10-7-5-4-6-8-10/h4-8,11-12H,2-3,9H2,1H3/t11-,12+/m0/s1. The molecule has 1 fully saturated rings. The number of hydrogen-bond donors (Lipinski definition) is 0. The number of carbonyl (C=O) groups is 1. The first-order chi connectivity index (χ1) is 7.83. The monoisotopic (exact) mass is 220 g/mol. The van der Waals surface area contributed by atoms with Crippen molar-refractivity contribution in [2.75, 3.05) is 6.61 Å². The van der Waals surface area contributed by atoms with Crippen LogP contribution in [0.4, 0.5) is 0 Å². The molecular weight excluding hydrogens is 204 g/mol. The van der Waals surface area contributed by atoms with E-state index in [2.05, 4.69) is 6.92 Å². The first-order valence-corrected chi connectivity index (χ1v) is 5.70. The van der Waals surface area contributed by atoms with Gasteiger partial charge in [-0.1, -0.05) is 43.7 Å². The second kappa shape index (κ2) is 5.12. The topological polar surface area (TPSA) is 38.8 Å². The lowest BCUT2D eigenvalue weighted by molar-refractivity contribution is -0.145. The predicted octanol–water partition coefficient (Wildman–Crippen LogP) is 2.47. The third-order valence-electron chi connectivity index (χ3n) is 2.59. The van der Waals surface area contributed by atoms with Crippen molar-refractivity contribution in [1.82, 2.24) is 0 Å². The molecule has 16 heavy (non-hydrogen) atoms. The molecule has 1 aliphatic rings. The fourth-order valence-electron chi connectivity index (χ4n) is 1.59. The molecule has 0 bridgehead atoms.